The Balaban J connectivity index is 3.05. The third-order valence-corrected chi connectivity index (χ3v) is 2.14. The van der Waals surface area contributed by atoms with E-state index in [1.807, 2.05) is 22.6 Å². The maximum atomic E-state index is 10.9. The lowest BCUT2D eigenvalue weighted by molar-refractivity contribution is 0.0594. The molecule has 4 nitrogen and oxygen atoms in total. The summed E-state index contributed by atoms with van der Waals surface area (Å²) < 4.78 is 5.09. The first-order chi connectivity index (χ1) is 5.65. The number of ether oxygens (including phenoxy) is 1. The molecule has 0 amide bonds. The summed E-state index contributed by atoms with van der Waals surface area (Å²) in [6.07, 6.45) is 0. The highest BCUT2D eigenvalue weighted by Crippen LogP contribution is 2.12. The number of anilines is 1. The van der Waals surface area contributed by atoms with E-state index in [1.165, 1.54) is 13.2 Å². The van der Waals surface area contributed by atoms with Crippen molar-refractivity contribution in [3.05, 3.63) is 21.5 Å². The molecule has 5 heteroatoms. The summed E-state index contributed by atoms with van der Waals surface area (Å²) in [6, 6.07) is 3.16. The van der Waals surface area contributed by atoms with Crippen molar-refractivity contribution in [2.24, 2.45) is 0 Å². The molecule has 0 fully saturated rings. The zero-order chi connectivity index (χ0) is 9.14. The lowest BCUT2D eigenvalue weighted by atomic mass is 10.3. The van der Waals surface area contributed by atoms with Crippen molar-refractivity contribution in [3.63, 3.8) is 0 Å². The van der Waals surface area contributed by atoms with Crippen molar-refractivity contribution in [1.29, 1.82) is 0 Å². The number of pyridine rings is 1. The molecular weight excluding hydrogens is 271 g/mol. The van der Waals surface area contributed by atoms with E-state index in [4.69, 9.17) is 5.73 Å². The van der Waals surface area contributed by atoms with Crippen LogP contribution in [0.1, 0.15) is 10.5 Å². The number of rotatable bonds is 1. The molecule has 64 valence electrons. The van der Waals surface area contributed by atoms with Crippen molar-refractivity contribution in [1.82, 2.24) is 4.98 Å². The van der Waals surface area contributed by atoms with E-state index in [0.717, 1.165) is 0 Å². The second-order valence-electron chi connectivity index (χ2n) is 2.07. The van der Waals surface area contributed by atoms with E-state index in [1.54, 1.807) is 6.07 Å². The minimum Gasteiger partial charge on any atom is -0.464 e. The predicted octanol–water partition coefficient (Wildman–Crippen LogP) is 1.05. The molecule has 0 aliphatic rings. The number of esters is 1. The smallest absolute Gasteiger partial charge is 0.356 e. The molecule has 1 aromatic heterocycles. The molecule has 1 heterocycles. The van der Waals surface area contributed by atoms with Crippen LogP contribution in [-0.4, -0.2) is 18.1 Å². The zero-order valence-corrected chi connectivity index (χ0v) is 8.53. The number of nitrogens with zero attached hydrogens (tertiary/aromatic N) is 1. The zero-order valence-electron chi connectivity index (χ0n) is 6.37. The van der Waals surface area contributed by atoms with Gasteiger partial charge in [-0.05, 0) is 34.7 Å². The van der Waals surface area contributed by atoms with Gasteiger partial charge in [0, 0.05) is 0 Å². The van der Waals surface area contributed by atoms with Gasteiger partial charge < -0.3 is 10.5 Å². The van der Waals surface area contributed by atoms with Gasteiger partial charge in [0.1, 0.15) is 9.39 Å². The predicted molar refractivity (Wildman–Crippen MR) is 52.7 cm³/mol. The largest absolute Gasteiger partial charge is 0.464 e. The average Bonchev–Trinajstić information content (AvgIpc) is 2.08. The van der Waals surface area contributed by atoms with Gasteiger partial charge in [0.15, 0.2) is 0 Å². The Labute approximate surface area is 83.3 Å². The molecule has 0 atom stereocenters. The van der Waals surface area contributed by atoms with E-state index in [2.05, 4.69) is 9.72 Å². The molecule has 0 radical (unpaired) electrons. The molecule has 1 aromatic rings. The number of carbonyl (C=O) groups excluding carboxylic acids is 1. The molecule has 1 rings (SSSR count). The third-order valence-electron chi connectivity index (χ3n) is 1.27. The maximum Gasteiger partial charge on any atom is 0.356 e. The number of nitrogen functional groups attached to an aromatic ring is 1. The summed E-state index contributed by atoms with van der Waals surface area (Å²) >= 11 is 1.96. The van der Waals surface area contributed by atoms with Gasteiger partial charge in [-0.15, -0.1) is 0 Å². The lowest BCUT2D eigenvalue weighted by Crippen LogP contribution is -2.06. The number of hydrogen-bond acceptors (Lipinski definition) is 4. The van der Waals surface area contributed by atoms with Gasteiger partial charge in [0.25, 0.3) is 0 Å². The Hall–Kier alpha value is -0.850. The van der Waals surface area contributed by atoms with Crippen LogP contribution in [0, 0.1) is 3.70 Å². The van der Waals surface area contributed by atoms with Gasteiger partial charge in [-0.1, -0.05) is 0 Å². The van der Waals surface area contributed by atoms with Crippen molar-refractivity contribution in [2.45, 2.75) is 0 Å². The Morgan fingerprint density at radius 1 is 1.67 bits per heavy atom. The molecule has 0 unspecified atom stereocenters. The fourth-order valence-corrected chi connectivity index (χ4v) is 1.10. The highest BCUT2D eigenvalue weighted by molar-refractivity contribution is 14.1. The van der Waals surface area contributed by atoms with E-state index in [-0.39, 0.29) is 5.69 Å². The quantitative estimate of drug-likeness (QED) is 0.474. The summed E-state index contributed by atoms with van der Waals surface area (Å²) in [5.41, 5.74) is 6.34. The molecule has 0 saturated carbocycles. The SMILES string of the molecule is COC(=O)c1ccc(N)c(I)n1. The van der Waals surface area contributed by atoms with Gasteiger partial charge in [0.2, 0.25) is 0 Å². The van der Waals surface area contributed by atoms with Crippen molar-refractivity contribution in [3.8, 4) is 0 Å². The number of methoxy groups -OCH3 is 1. The Morgan fingerprint density at radius 3 is 2.83 bits per heavy atom. The van der Waals surface area contributed by atoms with Gasteiger partial charge in [-0.3, -0.25) is 0 Å². The van der Waals surface area contributed by atoms with E-state index < -0.39 is 5.97 Å². The highest BCUT2D eigenvalue weighted by atomic mass is 127. The van der Waals surface area contributed by atoms with Crippen molar-refractivity contribution in [2.75, 3.05) is 12.8 Å². The van der Waals surface area contributed by atoms with Gasteiger partial charge in [0.05, 0.1) is 12.8 Å². The molecule has 0 bridgehead atoms. The normalized spacial score (nSPS) is 9.50. The second-order valence-corrected chi connectivity index (χ2v) is 3.09. The summed E-state index contributed by atoms with van der Waals surface area (Å²) in [7, 11) is 1.31. The van der Waals surface area contributed by atoms with Gasteiger partial charge in [-0.25, -0.2) is 9.78 Å². The Morgan fingerprint density at radius 2 is 2.33 bits per heavy atom. The van der Waals surface area contributed by atoms with Crippen LogP contribution < -0.4 is 5.73 Å². The van der Waals surface area contributed by atoms with Crippen LogP contribution in [0.5, 0.6) is 0 Å². The molecule has 0 spiro atoms. The number of nitrogens with two attached hydrogens (primary N) is 1. The highest BCUT2D eigenvalue weighted by Gasteiger charge is 2.07. The average molecular weight is 278 g/mol. The molecular formula is C7H7IN2O2. The molecule has 0 aliphatic carbocycles. The molecule has 0 aliphatic heterocycles. The van der Waals surface area contributed by atoms with Crippen molar-refractivity contribution < 1.29 is 9.53 Å². The first-order valence-corrected chi connectivity index (χ1v) is 4.23. The Kier molecular flexibility index (Phi) is 2.85. The standard InChI is InChI=1S/C7H7IN2O2/c1-12-7(11)5-3-2-4(9)6(8)10-5/h2-3H,9H2,1H3. The molecule has 12 heavy (non-hydrogen) atoms. The Bertz CT molecular complexity index is 314. The fraction of sp³-hybridized carbons (Fsp3) is 0.143. The van der Waals surface area contributed by atoms with Crippen LogP contribution in [0.25, 0.3) is 0 Å². The topological polar surface area (TPSA) is 65.2 Å². The van der Waals surface area contributed by atoms with Gasteiger partial charge in [-0.2, -0.15) is 0 Å². The van der Waals surface area contributed by atoms with Crippen molar-refractivity contribution >= 4 is 34.2 Å². The van der Waals surface area contributed by atoms with Crippen LogP contribution in [0.4, 0.5) is 5.69 Å². The minimum atomic E-state index is -0.451. The number of carbonyl (C=O) groups is 1. The minimum absolute atomic E-state index is 0.274. The van der Waals surface area contributed by atoms with Crippen LogP contribution in [0.3, 0.4) is 0 Å². The van der Waals surface area contributed by atoms with Crippen LogP contribution in [-0.2, 0) is 4.74 Å². The second kappa shape index (κ2) is 3.70. The summed E-state index contributed by atoms with van der Waals surface area (Å²) in [4.78, 5) is 14.9. The summed E-state index contributed by atoms with van der Waals surface area (Å²) in [6.45, 7) is 0. The fourth-order valence-electron chi connectivity index (χ4n) is 0.663. The third kappa shape index (κ3) is 1.84. The van der Waals surface area contributed by atoms with Gasteiger partial charge >= 0.3 is 5.97 Å². The van der Waals surface area contributed by atoms with Crippen LogP contribution in [0.15, 0.2) is 12.1 Å². The van der Waals surface area contributed by atoms with Crippen LogP contribution >= 0.6 is 22.6 Å². The summed E-state index contributed by atoms with van der Waals surface area (Å²) in [5.74, 6) is -0.451. The van der Waals surface area contributed by atoms with E-state index >= 15 is 0 Å². The molecule has 2 N–H and O–H groups in total. The lowest BCUT2D eigenvalue weighted by Gasteiger charge is -2.00. The first-order valence-electron chi connectivity index (χ1n) is 3.15. The number of halogens is 1. The first kappa shape index (κ1) is 9.24. The number of aromatic nitrogens is 1. The van der Waals surface area contributed by atoms with E-state index in [0.29, 0.717) is 9.39 Å². The van der Waals surface area contributed by atoms with Crippen LogP contribution in [0.2, 0.25) is 0 Å². The maximum absolute atomic E-state index is 10.9. The van der Waals surface area contributed by atoms with E-state index in [9.17, 15) is 4.79 Å². The summed E-state index contributed by atoms with van der Waals surface area (Å²) in [5, 5.41) is 0. The molecule has 0 saturated heterocycles. The number of hydrogen-bond donors (Lipinski definition) is 1. The monoisotopic (exact) mass is 278 g/mol. The molecule has 0 aromatic carbocycles.